The van der Waals surface area contributed by atoms with Crippen LogP contribution in [0.1, 0.15) is 23.2 Å². The molecule has 1 saturated heterocycles. The number of nitrogens with one attached hydrogen (secondary N) is 2. The van der Waals surface area contributed by atoms with Crippen molar-refractivity contribution in [2.45, 2.75) is 25.0 Å². The minimum atomic E-state index is -0.580. The second-order valence-electron chi connectivity index (χ2n) is 7.69. The molecule has 3 aromatic rings. The highest BCUT2D eigenvalue weighted by Crippen LogP contribution is 2.33. The Hall–Kier alpha value is -2.94. The number of halogens is 2. The van der Waals surface area contributed by atoms with Crippen molar-refractivity contribution in [3.05, 3.63) is 65.1 Å². The Morgan fingerprint density at radius 1 is 1.34 bits per heavy atom. The van der Waals surface area contributed by atoms with Gasteiger partial charge in [-0.15, -0.1) is 0 Å². The van der Waals surface area contributed by atoms with Crippen LogP contribution in [0.2, 0.25) is 5.02 Å². The summed E-state index contributed by atoms with van der Waals surface area (Å²) in [6.45, 7) is 1.24. The lowest BCUT2D eigenvalue weighted by atomic mass is 10.1. The Kier molecular flexibility index (Phi) is 6.74. The molecule has 3 N–H and O–H groups in total. The molecule has 2 heterocycles. The largest absolute Gasteiger partial charge is 0.493 e. The van der Waals surface area contributed by atoms with Crippen molar-refractivity contribution >= 4 is 23.2 Å². The van der Waals surface area contributed by atoms with Crippen LogP contribution in [0.25, 0.3) is 11.3 Å². The molecule has 2 aromatic carbocycles. The summed E-state index contributed by atoms with van der Waals surface area (Å²) in [5.41, 5.74) is 2.38. The zero-order valence-corrected chi connectivity index (χ0v) is 18.3. The van der Waals surface area contributed by atoms with Gasteiger partial charge in [0.05, 0.1) is 23.4 Å². The molecule has 0 bridgehead atoms. The molecule has 0 radical (unpaired) electrons. The number of anilines is 1. The van der Waals surface area contributed by atoms with Crippen LogP contribution in [-0.4, -0.2) is 46.1 Å². The number of rotatable bonds is 7. The Morgan fingerprint density at radius 3 is 2.88 bits per heavy atom. The maximum atomic E-state index is 13.4. The van der Waals surface area contributed by atoms with E-state index in [9.17, 15) is 14.3 Å². The lowest BCUT2D eigenvalue weighted by molar-refractivity contribution is 0.102. The number of aliphatic hydroxyl groups excluding tert-OH is 1. The number of carbonyl (C=O) groups excluding carboxylic acids is 1. The zero-order valence-electron chi connectivity index (χ0n) is 17.5. The van der Waals surface area contributed by atoms with Crippen LogP contribution in [0.5, 0.6) is 5.75 Å². The summed E-state index contributed by atoms with van der Waals surface area (Å²) in [5.74, 6) is -0.342. The fourth-order valence-electron chi connectivity index (χ4n) is 3.76. The average molecular weight is 459 g/mol. The second kappa shape index (κ2) is 9.68. The van der Waals surface area contributed by atoms with Crippen molar-refractivity contribution in [2.24, 2.45) is 7.05 Å². The van der Waals surface area contributed by atoms with Gasteiger partial charge in [0.2, 0.25) is 0 Å². The highest BCUT2D eigenvalue weighted by molar-refractivity contribution is 6.31. The first-order valence-electron chi connectivity index (χ1n) is 10.4. The van der Waals surface area contributed by atoms with Gasteiger partial charge < -0.3 is 20.5 Å². The van der Waals surface area contributed by atoms with Crippen LogP contribution >= 0.6 is 11.6 Å². The molecule has 0 aliphatic carbocycles. The molecule has 2 unspecified atom stereocenters. The number of aliphatic hydroxyl groups is 1. The van der Waals surface area contributed by atoms with Gasteiger partial charge in [-0.3, -0.25) is 9.48 Å². The first-order chi connectivity index (χ1) is 15.4. The predicted octanol–water partition coefficient (Wildman–Crippen LogP) is 3.62. The van der Waals surface area contributed by atoms with E-state index in [1.807, 2.05) is 13.1 Å². The van der Waals surface area contributed by atoms with Gasteiger partial charge in [-0.25, -0.2) is 4.39 Å². The van der Waals surface area contributed by atoms with E-state index in [1.165, 1.54) is 12.1 Å². The van der Waals surface area contributed by atoms with Gasteiger partial charge >= 0.3 is 0 Å². The summed E-state index contributed by atoms with van der Waals surface area (Å²) in [6.07, 6.45) is 2.76. The topological polar surface area (TPSA) is 88.4 Å². The molecular weight excluding hydrogens is 435 g/mol. The smallest absolute Gasteiger partial charge is 0.255 e. The van der Waals surface area contributed by atoms with E-state index in [4.69, 9.17) is 16.3 Å². The van der Waals surface area contributed by atoms with Crippen LogP contribution in [0, 0.1) is 5.82 Å². The quantitative estimate of drug-likeness (QED) is 0.503. The summed E-state index contributed by atoms with van der Waals surface area (Å²) < 4.78 is 21.2. The van der Waals surface area contributed by atoms with Crippen LogP contribution in [0.15, 0.2) is 48.7 Å². The summed E-state index contributed by atoms with van der Waals surface area (Å²) in [5, 5.41) is 20.2. The molecule has 1 aliphatic heterocycles. The molecule has 32 heavy (non-hydrogen) atoms. The van der Waals surface area contributed by atoms with Gasteiger partial charge in [0.15, 0.2) is 0 Å². The molecule has 9 heteroatoms. The fourth-order valence-corrected chi connectivity index (χ4v) is 3.94. The van der Waals surface area contributed by atoms with Gasteiger partial charge in [-0.2, -0.15) is 5.10 Å². The molecule has 7 nitrogen and oxygen atoms in total. The third-order valence-corrected chi connectivity index (χ3v) is 5.80. The van der Waals surface area contributed by atoms with Gasteiger partial charge in [-0.1, -0.05) is 11.6 Å². The van der Waals surface area contributed by atoms with E-state index < -0.39 is 11.7 Å². The maximum Gasteiger partial charge on any atom is 0.255 e. The van der Waals surface area contributed by atoms with Gasteiger partial charge in [0.1, 0.15) is 11.6 Å². The van der Waals surface area contributed by atoms with E-state index in [2.05, 4.69) is 15.7 Å². The molecular formula is C23H24ClFN4O3. The van der Waals surface area contributed by atoms with E-state index >= 15 is 0 Å². The Bertz CT molecular complexity index is 1120. The summed E-state index contributed by atoms with van der Waals surface area (Å²) in [6, 6.07) is 11.0. The highest BCUT2D eigenvalue weighted by atomic mass is 35.5. The predicted molar refractivity (Wildman–Crippen MR) is 121 cm³/mol. The molecule has 1 aromatic heterocycles. The number of ether oxygens (including phenoxy) is 1. The normalized spacial score (nSPS) is 18.0. The lowest BCUT2D eigenvalue weighted by Crippen LogP contribution is -2.31. The molecule has 1 fully saturated rings. The number of nitrogens with zero attached hydrogens (tertiary/aromatic N) is 2. The second-order valence-corrected chi connectivity index (χ2v) is 8.09. The number of amides is 1. The highest BCUT2D eigenvalue weighted by Gasteiger charge is 2.24. The third-order valence-electron chi connectivity index (χ3n) is 5.51. The SMILES string of the molecule is Cn1nccc1-c1cc(NC(=O)c2ccc(F)c(Cl)c2)ccc1OCCC1NCCC1O. The van der Waals surface area contributed by atoms with Crippen molar-refractivity contribution in [3.8, 4) is 17.0 Å². The summed E-state index contributed by atoms with van der Waals surface area (Å²) >= 11 is 5.80. The van der Waals surface area contributed by atoms with Crippen molar-refractivity contribution in [2.75, 3.05) is 18.5 Å². The first-order valence-corrected chi connectivity index (χ1v) is 10.7. The number of hydrogen-bond donors (Lipinski definition) is 3. The molecule has 4 rings (SSSR count). The number of hydrogen-bond acceptors (Lipinski definition) is 5. The van der Waals surface area contributed by atoms with E-state index in [-0.39, 0.29) is 22.7 Å². The van der Waals surface area contributed by atoms with Crippen LogP contribution in [0.3, 0.4) is 0 Å². The first kappa shape index (κ1) is 22.3. The van der Waals surface area contributed by atoms with Crippen molar-refractivity contribution in [1.29, 1.82) is 0 Å². The molecule has 168 valence electrons. The Labute approximate surface area is 190 Å². The zero-order chi connectivity index (χ0) is 22.7. The number of aromatic nitrogens is 2. The van der Waals surface area contributed by atoms with E-state index in [0.29, 0.717) is 24.5 Å². The number of carbonyl (C=O) groups is 1. The fraction of sp³-hybridized carbons (Fsp3) is 0.304. The van der Waals surface area contributed by atoms with Crippen LogP contribution in [-0.2, 0) is 7.05 Å². The maximum absolute atomic E-state index is 13.4. The monoisotopic (exact) mass is 458 g/mol. The minimum absolute atomic E-state index is 0.0243. The number of aryl methyl sites for hydroxylation is 1. The third kappa shape index (κ3) is 4.93. The van der Waals surface area contributed by atoms with Crippen LogP contribution < -0.4 is 15.4 Å². The Morgan fingerprint density at radius 2 is 2.19 bits per heavy atom. The summed E-state index contributed by atoms with van der Waals surface area (Å²) in [7, 11) is 1.82. The molecule has 1 amide bonds. The molecule has 0 saturated carbocycles. The Balaban J connectivity index is 1.53. The lowest BCUT2D eigenvalue weighted by Gasteiger charge is -2.17. The minimum Gasteiger partial charge on any atom is -0.493 e. The molecule has 2 atom stereocenters. The van der Waals surface area contributed by atoms with Crippen molar-refractivity contribution < 1.29 is 19.0 Å². The summed E-state index contributed by atoms with van der Waals surface area (Å²) in [4.78, 5) is 12.6. The van der Waals surface area contributed by atoms with Crippen LogP contribution in [0.4, 0.5) is 10.1 Å². The van der Waals surface area contributed by atoms with Gasteiger partial charge in [0, 0.05) is 36.1 Å². The number of benzene rings is 2. The van der Waals surface area contributed by atoms with Gasteiger partial charge in [0.25, 0.3) is 5.91 Å². The molecule has 1 aliphatic rings. The van der Waals surface area contributed by atoms with E-state index in [0.717, 1.165) is 30.3 Å². The molecule has 0 spiro atoms. The standard InChI is InChI=1S/C23H24ClFN4O3/c1-29-20(6-10-27-29)16-13-15(28-23(31)14-2-4-18(25)17(24)12-14)3-5-22(16)32-11-8-19-21(30)7-9-26-19/h2-6,10,12-13,19,21,26,30H,7-9,11H2,1H3,(H,28,31). The van der Waals surface area contributed by atoms with Gasteiger partial charge in [-0.05, 0) is 61.9 Å². The average Bonchev–Trinajstić information content (AvgIpc) is 3.38. The van der Waals surface area contributed by atoms with Crippen molar-refractivity contribution in [3.63, 3.8) is 0 Å². The van der Waals surface area contributed by atoms with Crippen molar-refractivity contribution in [1.82, 2.24) is 15.1 Å². The van der Waals surface area contributed by atoms with E-state index in [1.54, 1.807) is 29.1 Å².